The Balaban J connectivity index is 1.42. The first-order valence-electron chi connectivity index (χ1n) is 8.82. The van der Waals surface area contributed by atoms with Gasteiger partial charge in [-0.3, -0.25) is 0 Å². The molecular formula is C20H19N5OS2. The summed E-state index contributed by atoms with van der Waals surface area (Å²) in [5.41, 5.74) is 4.42. The Hall–Kier alpha value is -2.71. The molecular weight excluding hydrogens is 390 g/mol. The zero-order valence-electron chi connectivity index (χ0n) is 15.7. The first-order valence-corrected chi connectivity index (χ1v) is 10.5. The van der Waals surface area contributed by atoms with Crippen molar-refractivity contribution < 1.29 is 4.42 Å². The summed E-state index contributed by atoms with van der Waals surface area (Å²) in [6.45, 7) is 6.21. The molecule has 0 saturated carbocycles. The van der Waals surface area contributed by atoms with Crippen LogP contribution in [0.1, 0.15) is 29.2 Å². The maximum absolute atomic E-state index is 5.83. The molecule has 142 valence electrons. The molecule has 28 heavy (non-hydrogen) atoms. The summed E-state index contributed by atoms with van der Waals surface area (Å²) in [4.78, 5) is 0. The van der Waals surface area contributed by atoms with Crippen LogP contribution in [0.15, 0.2) is 57.3 Å². The van der Waals surface area contributed by atoms with Gasteiger partial charge in [0.15, 0.2) is 4.34 Å². The van der Waals surface area contributed by atoms with Gasteiger partial charge in [-0.1, -0.05) is 47.4 Å². The highest BCUT2D eigenvalue weighted by molar-refractivity contribution is 8.01. The number of thioether (sulfide) groups is 1. The third-order valence-corrected chi connectivity index (χ3v) is 6.26. The standard InChI is InChI=1S/C20H19N5OS2/c1-12-9-10-16(11-13(12)2)21-19-24-25-20(28-19)27-14(3)17-22-23-18(26-17)15-7-5-4-6-8-15/h4-11,14H,1-3H3,(H,21,24)/t14-/m0/s1. The van der Waals surface area contributed by atoms with E-state index in [0.717, 1.165) is 20.7 Å². The molecule has 0 bridgehead atoms. The van der Waals surface area contributed by atoms with Gasteiger partial charge in [0.25, 0.3) is 0 Å². The van der Waals surface area contributed by atoms with Crippen LogP contribution >= 0.6 is 23.1 Å². The molecule has 0 amide bonds. The normalized spacial score (nSPS) is 12.1. The topological polar surface area (TPSA) is 76.7 Å². The Kier molecular flexibility index (Phi) is 5.40. The van der Waals surface area contributed by atoms with Crippen molar-refractivity contribution in [2.24, 2.45) is 0 Å². The van der Waals surface area contributed by atoms with Crippen molar-refractivity contribution in [2.75, 3.05) is 5.32 Å². The van der Waals surface area contributed by atoms with Crippen molar-refractivity contribution in [3.05, 3.63) is 65.5 Å². The van der Waals surface area contributed by atoms with Crippen LogP contribution < -0.4 is 5.32 Å². The first kappa shape index (κ1) is 18.6. The van der Waals surface area contributed by atoms with E-state index in [0.29, 0.717) is 11.8 Å². The number of aromatic nitrogens is 4. The molecule has 0 saturated heterocycles. The summed E-state index contributed by atoms with van der Waals surface area (Å²) >= 11 is 3.05. The van der Waals surface area contributed by atoms with Crippen LogP contribution in [0.3, 0.4) is 0 Å². The largest absolute Gasteiger partial charge is 0.419 e. The first-order chi connectivity index (χ1) is 13.6. The zero-order chi connectivity index (χ0) is 19.5. The molecule has 0 spiro atoms. The summed E-state index contributed by atoms with van der Waals surface area (Å²) in [7, 11) is 0. The molecule has 0 aliphatic carbocycles. The van der Waals surface area contributed by atoms with E-state index in [2.05, 4.69) is 51.7 Å². The van der Waals surface area contributed by atoms with E-state index < -0.39 is 0 Å². The average molecular weight is 410 g/mol. The van der Waals surface area contributed by atoms with Gasteiger partial charge in [0, 0.05) is 11.3 Å². The monoisotopic (exact) mass is 409 g/mol. The van der Waals surface area contributed by atoms with E-state index in [1.165, 1.54) is 22.5 Å². The van der Waals surface area contributed by atoms with E-state index in [4.69, 9.17) is 4.42 Å². The maximum atomic E-state index is 5.83. The minimum absolute atomic E-state index is 0.0209. The molecule has 8 heteroatoms. The van der Waals surface area contributed by atoms with Crippen molar-refractivity contribution >= 4 is 33.9 Å². The molecule has 0 fully saturated rings. The van der Waals surface area contributed by atoms with E-state index in [-0.39, 0.29) is 5.25 Å². The van der Waals surface area contributed by atoms with Crippen LogP contribution in [-0.4, -0.2) is 20.4 Å². The molecule has 1 atom stereocenters. The number of benzene rings is 2. The second-order valence-electron chi connectivity index (χ2n) is 6.37. The van der Waals surface area contributed by atoms with Crippen LogP contribution in [0.5, 0.6) is 0 Å². The lowest BCUT2D eigenvalue weighted by molar-refractivity contribution is 0.509. The average Bonchev–Trinajstić information content (AvgIpc) is 3.35. The molecule has 2 aromatic carbocycles. The number of aryl methyl sites for hydroxylation is 2. The lowest BCUT2D eigenvalue weighted by atomic mass is 10.1. The fourth-order valence-corrected chi connectivity index (χ4v) is 4.49. The third kappa shape index (κ3) is 4.23. The molecule has 2 heterocycles. The van der Waals surface area contributed by atoms with Crippen molar-refractivity contribution in [3.63, 3.8) is 0 Å². The highest BCUT2D eigenvalue weighted by atomic mass is 32.2. The summed E-state index contributed by atoms with van der Waals surface area (Å²) in [6, 6.07) is 16.0. The van der Waals surface area contributed by atoms with Gasteiger partial charge in [0.2, 0.25) is 16.9 Å². The molecule has 0 aliphatic heterocycles. The maximum Gasteiger partial charge on any atom is 0.247 e. The second-order valence-corrected chi connectivity index (χ2v) is 8.93. The number of rotatable bonds is 6. The molecule has 0 unspecified atom stereocenters. The minimum atomic E-state index is -0.0209. The lowest BCUT2D eigenvalue weighted by Gasteiger charge is -2.05. The highest BCUT2D eigenvalue weighted by Crippen LogP contribution is 2.38. The van der Waals surface area contributed by atoms with Crippen LogP contribution in [0, 0.1) is 13.8 Å². The van der Waals surface area contributed by atoms with Crippen LogP contribution in [0.2, 0.25) is 0 Å². The number of nitrogens with zero attached hydrogens (tertiary/aromatic N) is 4. The SMILES string of the molecule is Cc1ccc(Nc2nnc(S[C@@H](C)c3nnc(-c4ccccc4)o3)s2)cc1C. The number of hydrogen-bond donors (Lipinski definition) is 1. The van der Waals surface area contributed by atoms with Crippen LogP contribution in [0.4, 0.5) is 10.8 Å². The van der Waals surface area contributed by atoms with Gasteiger partial charge in [-0.05, 0) is 56.2 Å². The number of hydrogen-bond acceptors (Lipinski definition) is 8. The molecule has 4 aromatic rings. The summed E-state index contributed by atoms with van der Waals surface area (Å²) in [6.07, 6.45) is 0. The Labute approximate surface area is 171 Å². The van der Waals surface area contributed by atoms with Crippen LogP contribution in [-0.2, 0) is 0 Å². The molecule has 6 nitrogen and oxygen atoms in total. The highest BCUT2D eigenvalue weighted by Gasteiger charge is 2.18. The Morgan fingerprint density at radius 3 is 2.57 bits per heavy atom. The van der Waals surface area contributed by atoms with Crippen molar-refractivity contribution in [1.29, 1.82) is 0 Å². The molecule has 0 aliphatic rings. The van der Waals surface area contributed by atoms with Gasteiger partial charge in [-0.15, -0.1) is 20.4 Å². The number of anilines is 2. The second kappa shape index (κ2) is 8.12. The molecule has 0 radical (unpaired) electrons. The van der Waals surface area contributed by atoms with E-state index >= 15 is 0 Å². The summed E-state index contributed by atoms with van der Waals surface area (Å²) in [5, 5.41) is 20.9. The van der Waals surface area contributed by atoms with Crippen molar-refractivity contribution in [2.45, 2.75) is 30.4 Å². The summed E-state index contributed by atoms with van der Waals surface area (Å²) in [5.74, 6) is 1.10. The number of nitrogens with one attached hydrogen (secondary N) is 1. The Morgan fingerprint density at radius 2 is 1.79 bits per heavy atom. The molecule has 1 N–H and O–H groups in total. The van der Waals surface area contributed by atoms with Crippen molar-refractivity contribution in [3.8, 4) is 11.5 Å². The van der Waals surface area contributed by atoms with Gasteiger partial charge < -0.3 is 9.73 Å². The fraction of sp³-hybridized carbons (Fsp3) is 0.200. The Morgan fingerprint density at radius 1 is 0.964 bits per heavy atom. The van der Waals surface area contributed by atoms with E-state index in [1.54, 1.807) is 11.8 Å². The van der Waals surface area contributed by atoms with Gasteiger partial charge in [0.1, 0.15) is 0 Å². The lowest BCUT2D eigenvalue weighted by Crippen LogP contribution is -1.91. The van der Waals surface area contributed by atoms with Crippen LogP contribution in [0.25, 0.3) is 11.5 Å². The Bertz CT molecular complexity index is 1080. The smallest absolute Gasteiger partial charge is 0.247 e. The van der Waals surface area contributed by atoms with Gasteiger partial charge >= 0.3 is 0 Å². The molecule has 4 rings (SSSR count). The van der Waals surface area contributed by atoms with Gasteiger partial charge in [0.05, 0.1) is 5.25 Å². The third-order valence-electron chi connectivity index (χ3n) is 4.25. The van der Waals surface area contributed by atoms with E-state index in [1.807, 2.05) is 43.3 Å². The van der Waals surface area contributed by atoms with Crippen molar-refractivity contribution in [1.82, 2.24) is 20.4 Å². The fourth-order valence-electron chi connectivity index (χ4n) is 2.55. The quantitative estimate of drug-likeness (QED) is 0.403. The van der Waals surface area contributed by atoms with Gasteiger partial charge in [-0.25, -0.2) is 0 Å². The zero-order valence-corrected chi connectivity index (χ0v) is 17.3. The van der Waals surface area contributed by atoms with Gasteiger partial charge in [-0.2, -0.15) is 0 Å². The molecule has 2 aromatic heterocycles. The van der Waals surface area contributed by atoms with E-state index in [9.17, 15) is 0 Å². The minimum Gasteiger partial charge on any atom is -0.419 e. The predicted octanol–water partition coefficient (Wildman–Crippen LogP) is 5.80. The predicted molar refractivity (Wildman–Crippen MR) is 113 cm³/mol. The summed E-state index contributed by atoms with van der Waals surface area (Å²) < 4.78 is 6.67.